The first kappa shape index (κ1) is 43.2. The number of hydrogen-bond donors (Lipinski definition) is 4. The van der Waals surface area contributed by atoms with Gasteiger partial charge in [-0.25, -0.2) is 4.68 Å². The van der Waals surface area contributed by atoms with Crippen LogP contribution in [-0.4, -0.2) is 32.6 Å². The molecule has 10 rings (SSSR count). The molecule has 0 aliphatic rings. The summed E-state index contributed by atoms with van der Waals surface area (Å²) in [7, 11) is 0. The van der Waals surface area contributed by atoms with Gasteiger partial charge in [0.05, 0.1) is 28.3 Å². The fourth-order valence-corrected chi connectivity index (χ4v) is 7.76. The number of nitrogens with one attached hydrogen (secondary N) is 2. The lowest BCUT2D eigenvalue weighted by molar-refractivity contribution is 0.102. The lowest BCUT2D eigenvalue weighted by Gasteiger charge is -2.13. The van der Waals surface area contributed by atoms with Gasteiger partial charge in [-0.1, -0.05) is 140 Å². The highest BCUT2D eigenvalue weighted by Gasteiger charge is 2.19. The summed E-state index contributed by atoms with van der Waals surface area (Å²) in [5, 5.41) is 54.6. The monoisotopic (exact) mass is 902 g/mol. The summed E-state index contributed by atoms with van der Waals surface area (Å²) >= 11 is 0. The molecule has 0 atom stereocenters. The second-order valence-corrected chi connectivity index (χ2v) is 15.9. The van der Waals surface area contributed by atoms with Crippen LogP contribution in [0.1, 0.15) is 21.5 Å². The highest BCUT2D eigenvalue weighted by molar-refractivity contribution is 6.11. The molecule has 1 amide bonds. The van der Waals surface area contributed by atoms with Gasteiger partial charge in [0.25, 0.3) is 5.91 Å². The summed E-state index contributed by atoms with van der Waals surface area (Å²) in [6, 6.07) is 62.3. The summed E-state index contributed by atoms with van der Waals surface area (Å²) in [6.07, 6.45) is 6.00. The molecule has 0 radical (unpaired) electrons. The van der Waals surface area contributed by atoms with Crippen molar-refractivity contribution in [3.63, 3.8) is 0 Å². The van der Waals surface area contributed by atoms with E-state index in [-0.39, 0.29) is 29.5 Å². The predicted octanol–water partition coefficient (Wildman–Crippen LogP) is 15.0. The van der Waals surface area contributed by atoms with Crippen molar-refractivity contribution in [1.29, 1.82) is 0 Å². The van der Waals surface area contributed by atoms with E-state index in [0.29, 0.717) is 33.9 Å². The maximum atomic E-state index is 13.3. The van der Waals surface area contributed by atoms with E-state index in [2.05, 4.69) is 31.1 Å². The van der Waals surface area contributed by atoms with Crippen molar-refractivity contribution in [1.82, 2.24) is 9.78 Å². The third kappa shape index (κ3) is 9.81. The highest BCUT2D eigenvalue weighted by Crippen LogP contribution is 2.44. The molecule has 0 fully saturated rings. The number of aromatic hydroxyl groups is 2. The van der Waals surface area contributed by atoms with Crippen LogP contribution < -0.4 is 15.4 Å². The molecule has 1 aromatic heterocycles. The average molecular weight is 903 g/mol. The zero-order chi connectivity index (χ0) is 46.9. The van der Waals surface area contributed by atoms with E-state index < -0.39 is 5.91 Å². The first-order valence-electron chi connectivity index (χ1n) is 22.1. The number of aromatic nitrogens is 2. The van der Waals surface area contributed by atoms with Crippen molar-refractivity contribution in [3.05, 3.63) is 223 Å². The fourth-order valence-electron chi connectivity index (χ4n) is 7.76. The zero-order valence-corrected chi connectivity index (χ0v) is 36.9. The summed E-state index contributed by atoms with van der Waals surface area (Å²) < 4.78 is 7.78. The molecule has 12 nitrogen and oxygen atoms in total. The number of rotatable bonds is 14. The van der Waals surface area contributed by atoms with Crippen LogP contribution in [0.2, 0.25) is 0 Å². The molecule has 0 aliphatic carbocycles. The lowest BCUT2D eigenvalue weighted by atomic mass is 10.0. The Bertz CT molecular complexity index is 3520. The van der Waals surface area contributed by atoms with Crippen molar-refractivity contribution >= 4 is 73.7 Å². The van der Waals surface area contributed by atoms with Crippen molar-refractivity contribution < 1.29 is 19.7 Å². The number of phenols is 2. The van der Waals surface area contributed by atoms with E-state index in [1.54, 1.807) is 24.3 Å². The first-order chi connectivity index (χ1) is 33.9. The number of anilines is 2. The Morgan fingerprint density at radius 1 is 0.580 bits per heavy atom. The van der Waals surface area contributed by atoms with E-state index in [9.17, 15) is 15.0 Å². The first-order valence-corrected chi connectivity index (χ1v) is 22.1. The Hall–Kier alpha value is -9.68. The number of fused-ring (bicyclic) bond motifs is 2. The second kappa shape index (κ2) is 19.8. The molecular weight excluding hydrogens is 861 g/mol. The molecule has 9 aromatic carbocycles. The van der Waals surface area contributed by atoms with E-state index in [1.807, 2.05) is 199 Å². The van der Waals surface area contributed by atoms with Crippen LogP contribution in [0.25, 0.3) is 50.6 Å². The van der Waals surface area contributed by atoms with Gasteiger partial charge < -0.3 is 25.6 Å². The van der Waals surface area contributed by atoms with Crippen molar-refractivity contribution in [2.24, 2.45) is 20.5 Å². The van der Waals surface area contributed by atoms with Crippen LogP contribution in [0.5, 0.6) is 17.2 Å². The van der Waals surface area contributed by atoms with Crippen LogP contribution in [0.15, 0.2) is 227 Å². The quantitative estimate of drug-likeness (QED) is 0.0628. The minimum absolute atomic E-state index is 0.0948. The molecule has 1 heterocycles. The van der Waals surface area contributed by atoms with Crippen molar-refractivity contribution in [2.45, 2.75) is 0 Å². The van der Waals surface area contributed by atoms with Gasteiger partial charge in [-0.2, -0.15) is 15.3 Å². The summed E-state index contributed by atoms with van der Waals surface area (Å²) in [4.78, 5) is 13.3. The molecule has 4 N–H and O–H groups in total. The molecule has 0 spiro atoms. The molecule has 0 bridgehead atoms. The van der Waals surface area contributed by atoms with E-state index in [1.165, 1.54) is 0 Å². The number of azo groups is 2. The lowest BCUT2D eigenvalue weighted by Crippen LogP contribution is -2.12. The number of amides is 1. The molecule has 334 valence electrons. The largest absolute Gasteiger partial charge is 0.505 e. The van der Waals surface area contributed by atoms with Gasteiger partial charge in [-0.15, -0.1) is 10.2 Å². The van der Waals surface area contributed by atoms with E-state index >= 15 is 0 Å². The topological polar surface area (TPSA) is 158 Å². The third-order valence-corrected chi connectivity index (χ3v) is 11.3. The van der Waals surface area contributed by atoms with Gasteiger partial charge in [0.15, 0.2) is 24.0 Å². The predicted molar refractivity (Wildman–Crippen MR) is 274 cm³/mol. The average Bonchev–Trinajstić information content (AvgIpc) is 3.83. The van der Waals surface area contributed by atoms with Crippen LogP contribution in [0, 0.1) is 0 Å². The summed E-state index contributed by atoms with van der Waals surface area (Å²) in [5.41, 5.74) is 7.66. The molecule has 10 aromatic rings. The number of benzene rings is 9. The summed E-state index contributed by atoms with van der Waals surface area (Å²) in [5.74, 6) is -0.521. The van der Waals surface area contributed by atoms with Gasteiger partial charge in [0.2, 0.25) is 0 Å². The number of hydrogen-bond acceptors (Lipinski definition) is 10. The Kier molecular flexibility index (Phi) is 12.4. The second-order valence-electron chi connectivity index (χ2n) is 15.9. The van der Waals surface area contributed by atoms with E-state index in [4.69, 9.17) is 9.84 Å². The van der Waals surface area contributed by atoms with Gasteiger partial charge in [-0.05, 0) is 89.1 Å². The number of carbonyl (C=O) groups excluding carboxylic acids is 1. The number of carbonyl (C=O) groups is 1. The van der Waals surface area contributed by atoms with E-state index in [0.717, 1.165) is 49.9 Å². The number of para-hydroxylation sites is 2. The van der Waals surface area contributed by atoms with Gasteiger partial charge in [-0.3, -0.25) is 4.79 Å². The van der Waals surface area contributed by atoms with Crippen LogP contribution >= 0.6 is 0 Å². The molecular formula is C57H42N8O4. The van der Waals surface area contributed by atoms with Crippen molar-refractivity contribution in [3.8, 4) is 34.2 Å². The summed E-state index contributed by atoms with van der Waals surface area (Å²) in [6.45, 7) is 0.148. The van der Waals surface area contributed by atoms with Crippen LogP contribution in [0.3, 0.4) is 0 Å². The number of nitrogens with zero attached hydrogens (tertiary/aromatic N) is 6. The van der Waals surface area contributed by atoms with Gasteiger partial charge in [0, 0.05) is 39.5 Å². The zero-order valence-electron chi connectivity index (χ0n) is 36.9. The van der Waals surface area contributed by atoms with Crippen LogP contribution in [-0.2, 0) is 0 Å². The highest BCUT2D eigenvalue weighted by atomic mass is 16.5. The molecule has 0 unspecified atom stereocenters. The molecule has 0 saturated heterocycles. The smallest absolute Gasteiger partial charge is 0.259 e. The Balaban J connectivity index is 0.866. The Labute approximate surface area is 396 Å². The molecule has 0 aliphatic heterocycles. The van der Waals surface area contributed by atoms with Crippen LogP contribution in [0.4, 0.5) is 34.1 Å². The Morgan fingerprint density at radius 2 is 1.13 bits per heavy atom. The molecule has 69 heavy (non-hydrogen) atoms. The normalized spacial score (nSPS) is 11.5. The van der Waals surface area contributed by atoms with Crippen molar-refractivity contribution in [2.75, 3.05) is 17.4 Å². The minimum Gasteiger partial charge on any atom is -0.505 e. The van der Waals surface area contributed by atoms with Gasteiger partial charge in [0.1, 0.15) is 11.4 Å². The SMILES string of the molecule is O=C(Nc1ccccc1)c1cc2ccccc2c(N=Nc2ccc(C=Cc3cn(-c4ccc(N=Nc5c(O)c(OCNc6ccccc6)cc6ccccc56)cc4)nc3-c3ccccc3)cc2)c1O. The maximum absolute atomic E-state index is 13.3. The maximum Gasteiger partial charge on any atom is 0.259 e. The number of ether oxygens (including phenoxy) is 1. The third-order valence-electron chi connectivity index (χ3n) is 11.3. The molecule has 0 saturated carbocycles. The molecule has 12 heteroatoms. The Morgan fingerprint density at radius 3 is 1.78 bits per heavy atom. The minimum atomic E-state index is -0.455. The fraction of sp³-hybridized carbons (Fsp3) is 0.0175. The number of phenolic OH excluding ortho intramolecular Hbond substituents is 2. The standard InChI is InChI=1S/C57H42N8O4/c66-55-50(57(68)59-44-20-8-3-9-21-44)34-40-16-10-12-22-48(40)53(55)62-60-45-28-25-38(26-29-45)24-27-42-36-65(64-52(42)39-14-4-1-5-15-39)47-32-30-46(31-33-47)61-63-54-49-23-13-11-17-41(49)35-51(56(54)67)69-37-58-43-18-6-2-7-19-43/h1-36,58,66-67H,37H2,(H,59,68). The van der Waals surface area contributed by atoms with Gasteiger partial charge >= 0.3 is 0 Å².